The maximum Gasteiger partial charge on any atom is 0.274 e. The van der Waals surface area contributed by atoms with Crippen molar-refractivity contribution in [3.05, 3.63) is 17.7 Å². The molecule has 1 aliphatic rings. The summed E-state index contributed by atoms with van der Waals surface area (Å²) in [4.78, 5) is 22.9. The van der Waals surface area contributed by atoms with Gasteiger partial charge in [0.1, 0.15) is 5.82 Å². The van der Waals surface area contributed by atoms with Crippen molar-refractivity contribution < 1.29 is 4.79 Å². The zero-order valence-electron chi connectivity index (χ0n) is 11.5. The van der Waals surface area contributed by atoms with E-state index < -0.39 is 0 Å². The predicted octanol–water partition coefficient (Wildman–Crippen LogP) is 1.51. The lowest BCUT2D eigenvalue weighted by molar-refractivity contribution is 0.0719. The molecule has 0 atom stereocenters. The van der Waals surface area contributed by atoms with E-state index in [2.05, 4.69) is 15.4 Å². The van der Waals surface area contributed by atoms with Crippen LogP contribution in [-0.2, 0) is 0 Å². The van der Waals surface area contributed by atoms with Gasteiger partial charge in [0, 0.05) is 19.0 Å². The smallest absolute Gasteiger partial charge is 0.274 e. The Kier molecular flexibility index (Phi) is 4.31. The van der Waals surface area contributed by atoms with E-state index in [0.29, 0.717) is 17.2 Å². The van der Waals surface area contributed by atoms with E-state index in [1.54, 1.807) is 6.20 Å². The van der Waals surface area contributed by atoms with Crippen molar-refractivity contribution in [2.45, 2.75) is 39.0 Å². The van der Waals surface area contributed by atoms with Crippen LogP contribution in [0, 0.1) is 0 Å². The highest BCUT2D eigenvalue weighted by Gasteiger charge is 2.23. The first-order chi connectivity index (χ1) is 9.13. The number of aromatic nitrogens is 2. The number of nitrogens with two attached hydrogens (primary N) is 1. The summed E-state index contributed by atoms with van der Waals surface area (Å²) in [7, 11) is 0. The van der Waals surface area contributed by atoms with Gasteiger partial charge in [0.15, 0.2) is 5.69 Å². The molecule has 6 nitrogen and oxygen atoms in total. The van der Waals surface area contributed by atoms with Crippen molar-refractivity contribution in [3.63, 3.8) is 0 Å². The highest BCUT2D eigenvalue weighted by atomic mass is 16.2. The summed E-state index contributed by atoms with van der Waals surface area (Å²) in [5.41, 5.74) is 3.37. The molecule has 0 unspecified atom stereocenters. The van der Waals surface area contributed by atoms with Crippen molar-refractivity contribution in [2.24, 2.45) is 5.84 Å². The van der Waals surface area contributed by atoms with Crippen LogP contribution in [0.15, 0.2) is 6.20 Å². The topological polar surface area (TPSA) is 84.1 Å². The Morgan fingerprint density at radius 2 is 2.05 bits per heavy atom. The first kappa shape index (κ1) is 13.7. The molecule has 3 N–H and O–H groups in total. The van der Waals surface area contributed by atoms with Crippen molar-refractivity contribution in [3.8, 4) is 0 Å². The number of carbonyl (C=O) groups is 1. The van der Waals surface area contributed by atoms with Gasteiger partial charge in [-0.3, -0.25) is 10.6 Å². The molecule has 1 saturated heterocycles. The number of hydrazine groups is 1. The van der Waals surface area contributed by atoms with Crippen LogP contribution in [0.3, 0.4) is 0 Å². The lowest BCUT2D eigenvalue weighted by Crippen LogP contribution is -2.37. The zero-order valence-corrected chi connectivity index (χ0v) is 11.5. The summed E-state index contributed by atoms with van der Waals surface area (Å²) in [5, 5.41) is 0. The molecule has 2 rings (SSSR count). The number of piperidine rings is 1. The summed E-state index contributed by atoms with van der Waals surface area (Å²) < 4.78 is 0. The van der Waals surface area contributed by atoms with E-state index in [4.69, 9.17) is 5.84 Å². The van der Waals surface area contributed by atoms with Crippen molar-refractivity contribution in [1.29, 1.82) is 0 Å². The van der Waals surface area contributed by atoms with Crippen LogP contribution in [0.1, 0.15) is 55.3 Å². The van der Waals surface area contributed by atoms with Gasteiger partial charge in [0.05, 0.1) is 11.9 Å². The van der Waals surface area contributed by atoms with Gasteiger partial charge < -0.3 is 10.3 Å². The van der Waals surface area contributed by atoms with Gasteiger partial charge >= 0.3 is 0 Å². The second-order valence-corrected chi connectivity index (χ2v) is 5.14. The Bertz CT molecular complexity index is 454. The summed E-state index contributed by atoms with van der Waals surface area (Å²) in [6, 6.07) is 0. The van der Waals surface area contributed by atoms with Gasteiger partial charge in [-0.15, -0.1) is 0 Å². The molecule has 104 valence electrons. The molecule has 6 heteroatoms. The first-order valence-corrected chi connectivity index (χ1v) is 6.76. The SMILES string of the molecule is CC(C)c1ncc(NN)c(C(=O)N2CCCCC2)n1. The molecule has 0 spiro atoms. The number of anilines is 1. The molecule has 1 aromatic rings. The number of rotatable bonds is 3. The molecule has 0 aromatic carbocycles. The monoisotopic (exact) mass is 263 g/mol. The minimum atomic E-state index is -0.0584. The number of nitrogens with one attached hydrogen (secondary N) is 1. The van der Waals surface area contributed by atoms with E-state index in [1.807, 2.05) is 18.7 Å². The van der Waals surface area contributed by atoms with Crippen LogP contribution < -0.4 is 11.3 Å². The number of likely N-dealkylation sites (tertiary alicyclic amines) is 1. The Hall–Kier alpha value is -1.69. The van der Waals surface area contributed by atoms with Crippen molar-refractivity contribution >= 4 is 11.6 Å². The number of hydrogen-bond acceptors (Lipinski definition) is 5. The molecule has 1 amide bonds. The van der Waals surface area contributed by atoms with Gasteiger partial charge in [-0.2, -0.15) is 0 Å². The fourth-order valence-electron chi connectivity index (χ4n) is 2.19. The van der Waals surface area contributed by atoms with E-state index >= 15 is 0 Å². The Labute approximate surface area is 113 Å². The summed E-state index contributed by atoms with van der Waals surface area (Å²) in [6.45, 7) is 5.59. The minimum absolute atomic E-state index is 0.0584. The van der Waals surface area contributed by atoms with Gasteiger partial charge in [0.25, 0.3) is 5.91 Å². The second kappa shape index (κ2) is 5.97. The number of nitrogens with zero attached hydrogens (tertiary/aromatic N) is 3. The van der Waals surface area contributed by atoms with Gasteiger partial charge in [-0.25, -0.2) is 9.97 Å². The standard InChI is InChI=1S/C13H21N5O/c1-9(2)12-15-8-10(17-14)11(16-12)13(19)18-6-4-3-5-7-18/h8-9,17H,3-7,14H2,1-2H3. The number of hydrogen-bond donors (Lipinski definition) is 2. The lowest BCUT2D eigenvalue weighted by atomic mass is 10.1. The Morgan fingerprint density at radius 3 is 2.63 bits per heavy atom. The van der Waals surface area contributed by atoms with Crippen LogP contribution in [0.4, 0.5) is 5.69 Å². The molecule has 1 fully saturated rings. The molecular weight excluding hydrogens is 242 g/mol. The molecule has 2 heterocycles. The Balaban J connectivity index is 2.29. The average molecular weight is 263 g/mol. The second-order valence-electron chi connectivity index (χ2n) is 5.14. The molecular formula is C13H21N5O. The highest BCUT2D eigenvalue weighted by Crippen LogP contribution is 2.19. The maximum atomic E-state index is 12.5. The number of amides is 1. The van der Waals surface area contributed by atoms with Crippen molar-refractivity contribution in [2.75, 3.05) is 18.5 Å². The van der Waals surface area contributed by atoms with E-state index in [-0.39, 0.29) is 11.8 Å². The third-order valence-corrected chi connectivity index (χ3v) is 3.33. The lowest BCUT2D eigenvalue weighted by Gasteiger charge is -2.27. The zero-order chi connectivity index (χ0) is 13.8. The van der Waals surface area contributed by atoms with E-state index in [1.165, 1.54) is 6.42 Å². The summed E-state index contributed by atoms with van der Waals surface area (Å²) in [6.07, 6.45) is 4.88. The van der Waals surface area contributed by atoms with Crippen LogP contribution in [0.2, 0.25) is 0 Å². The van der Waals surface area contributed by atoms with E-state index in [0.717, 1.165) is 25.9 Å². The molecule has 1 aliphatic heterocycles. The van der Waals surface area contributed by atoms with Crippen LogP contribution in [0.5, 0.6) is 0 Å². The highest BCUT2D eigenvalue weighted by molar-refractivity contribution is 5.97. The van der Waals surface area contributed by atoms with E-state index in [9.17, 15) is 4.79 Å². The quantitative estimate of drug-likeness (QED) is 0.638. The Morgan fingerprint density at radius 1 is 1.37 bits per heavy atom. The summed E-state index contributed by atoms with van der Waals surface area (Å²) >= 11 is 0. The minimum Gasteiger partial charge on any atom is -0.337 e. The fourth-order valence-corrected chi connectivity index (χ4v) is 2.19. The molecule has 19 heavy (non-hydrogen) atoms. The molecule has 0 radical (unpaired) electrons. The molecule has 1 aromatic heterocycles. The third-order valence-electron chi connectivity index (χ3n) is 3.33. The molecule has 0 aliphatic carbocycles. The van der Waals surface area contributed by atoms with Crippen LogP contribution in [-0.4, -0.2) is 33.9 Å². The third kappa shape index (κ3) is 3.01. The van der Waals surface area contributed by atoms with Gasteiger partial charge in [-0.1, -0.05) is 13.8 Å². The van der Waals surface area contributed by atoms with Crippen LogP contribution >= 0.6 is 0 Å². The average Bonchev–Trinajstić information content (AvgIpc) is 2.46. The van der Waals surface area contributed by atoms with Gasteiger partial charge in [-0.05, 0) is 19.3 Å². The van der Waals surface area contributed by atoms with Gasteiger partial charge in [0.2, 0.25) is 0 Å². The fraction of sp³-hybridized carbons (Fsp3) is 0.615. The molecule has 0 bridgehead atoms. The summed E-state index contributed by atoms with van der Waals surface area (Å²) in [5.74, 6) is 6.23. The first-order valence-electron chi connectivity index (χ1n) is 6.76. The van der Waals surface area contributed by atoms with Crippen molar-refractivity contribution in [1.82, 2.24) is 14.9 Å². The largest absolute Gasteiger partial charge is 0.337 e. The molecule has 0 saturated carbocycles. The number of carbonyl (C=O) groups excluding carboxylic acids is 1. The number of nitrogen functional groups attached to an aromatic ring is 1. The van der Waals surface area contributed by atoms with Crippen LogP contribution in [0.25, 0.3) is 0 Å². The maximum absolute atomic E-state index is 12.5. The predicted molar refractivity (Wildman–Crippen MR) is 73.7 cm³/mol. The normalized spacial score (nSPS) is 15.7.